The fourth-order valence-corrected chi connectivity index (χ4v) is 2.28. The molecule has 1 amide bonds. The molecular weight excluding hydrogens is 230 g/mol. The highest BCUT2D eigenvalue weighted by molar-refractivity contribution is 5.76. The van der Waals surface area contributed by atoms with Crippen LogP contribution in [-0.4, -0.2) is 55.2 Å². The summed E-state index contributed by atoms with van der Waals surface area (Å²) in [5, 5.41) is 2.92. The number of hydrogen-bond acceptors (Lipinski definition) is 4. The van der Waals surface area contributed by atoms with Crippen LogP contribution in [0.25, 0.3) is 0 Å². The monoisotopic (exact) mass is 257 g/mol. The van der Waals surface area contributed by atoms with Gasteiger partial charge in [0.2, 0.25) is 5.91 Å². The number of hydrogen-bond donors (Lipinski definition) is 2. The lowest BCUT2D eigenvalue weighted by Gasteiger charge is -2.37. The van der Waals surface area contributed by atoms with Crippen molar-refractivity contribution in [2.45, 2.75) is 51.8 Å². The van der Waals surface area contributed by atoms with Gasteiger partial charge in [-0.1, -0.05) is 6.92 Å². The van der Waals surface area contributed by atoms with E-state index in [1.165, 1.54) is 0 Å². The lowest BCUT2D eigenvalue weighted by Crippen LogP contribution is -2.51. The molecule has 0 saturated carbocycles. The number of nitrogens with two attached hydrogens (primary N) is 1. The molecule has 0 aromatic carbocycles. The van der Waals surface area contributed by atoms with E-state index in [9.17, 15) is 4.79 Å². The van der Waals surface area contributed by atoms with Gasteiger partial charge in [0.05, 0.1) is 12.7 Å². The first kappa shape index (κ1) is 15.4. The average Bonchev–Trinajstić information content (AvgIpc) is 2.35. The molecule has 5 heteroatoms. The van der Waals surface area contributed by atoms with E-state index in [1.807, 2.05) is 13.8 Å². The normalized spacial score (nSPS) is 23.1. The second-order valence-electron chi connectivity index (χ2n) is 5.21. The molecule has 1 aliphatic heterocycles. The van der Waals surface area contributed by atoms with Crippen molar-refractivity contribution in [3.8, 4) is 0 Å². The second kappa shape index (κ2) is 7.71. The highest BCUT2D eigenvalue weighted by Crippen LogP contribution is 2.13. The standard InChI is InChI=1S/C13H27N3O2/c1-4-12-9-16(5-6-18-12)11(8-14)7-13(17)15-10(2)3/h10-12H,4-9,14H2,1-3H3,(H,15,17). The van der Waals surface area contributed by atoms with Crippen molar-refractivity contribution in [1.82, 2.24) is 10.2 Å². The molecule has 18 heavy (non-hydrogen) atoms. The van der Waals surface area contributed by atoms with Crippen LogP contribution in [0.15, 0.2) is 0 Å². The first-order chi connectivity index (χ1) is 8.56. The van der Waals surface area contributed by atoms with Gasteiger partial charge < -0.3 is 15.8 Å². The van der Waals surface area contributed by atoms with E-state index in [0.717, 1.165) is 26.1 Å². The number of carbonyl (C=O) groups is 1. The van der Waals surface area contributed by atoms with Crippen molar-refractivity contribution in [1.29, 1.82) is 0 Å². The molecule has 1 saturated heterocycles. The topological polar surface area (TPSA) is 67.6 Å². The first-order valence-corrected chi connectivity index (χ1v) is 6.91. The fraction of sp³-hybridized carbons (Fsp3) is 0.923. The number of morpholine rings is 1. The molecule has 106 valence electrons. The predicted molar refractivity (Wildman–Crippen MR) is 72.3 cm³/mol. The number of nitrogens with zero attached hydrogens (tertiary/aromatic N) is 1. The van der Waals surface area contributed by atoms with Crippen LogP contribution >= 0.6 is 0 Å². The van der Waals surface area contributed by atoms with Gasteiger partial charge in [-0.2, -0.15) is 0 Å². The Bertz CT molecular complexity index is 259. The van der Waals surface area contributed by atoms with Crippen molar-refractivity contribution < 1.29 is 9.53 Å². The summed E-state index contributed by atoms with van der Waals surface area (Å²) in [5.41, 5.74) is 5.81. The van der Waals surface area contributed by atoms with Crippen LogP contribution < -0.4 is 11.1 Å². The summed E-state index contributed by atoms with van der Waals surface area (Å²) >= 11 is 0. The number of ether oxygens (including phenoxy) is 1. The Hall–Kier alpha value is -0.650. The lowest BCUT2D eigenvalue weighted by molar-refractivity contribution is -0.123. The maximum atomic E-state index is 11.8. The zero-order valence-electron chi connectivity index (χ0n) is 11.8. The highest BCUT2D eigenvalue weighted by atomic mass is 16.5. The Morgan fingerprint density at radius 1 is 1.56 bits per heavy atom. The molecule has 0 aliphatic carbocycles. The predicted octanol–water partition coefficient (Wildman–Crippen LogP) is 0.339. The SMILES string of the molecule is CCC1CN(C(CN)CC(=O)NC(C)C)CCO1. The molecule has 1 heterocycles. The van der Waals surface area contributed by atoms with Crippen LogP contribution in [0.1, 0.15) is 33.6 Å². The number of nitrogens with one attached hydrogen (secondary N) is 1. The third kappa shape index (κ3) is 4.92. The summed E-state index contributed by atoms with van der Waals surface area (Å²) in [7, 11) is 0. The van der Waals surface area contributed by atoms with Gasteiger partial charge in [0.25, 0.3) is 0 Å². The highest BCUT2D eigenvalue weighted by Gasteiger charge is 2.26. The van der Waals surface area contributed by atoms with Crippen LogP contribution in [0, 0.1) is 0 Å². The number of rotatable bonds is 6. The Balaban J connectivity index is 2.46. The molecule has 0 spiro atoms. The van der Waals surface area contributed by atoms with E-state index in [2.05, 4.69) is 17.1 Å². The van der Waals surface area contributed by atoms with Crippen molar-refractivity contribution >= 4 is 5.91 Å². The molecule has 0 aromatic heterocycles. The van der Waals surface area contributed by atoms with Crippen molar-refractivity contribution in [3.05, 3.63) is 0 Å². The molecule has 3 N–H and O–H groups in total. The smallest absolute Gasteiger partial charge is 0.221 e. The van der Waals surface area contributed by atoms with Crippen LogP contribution in [-0.2, 0) is 9.53 Å². The minimum Gasteiger partial charge on any atom is -0.376 e. The first-order valence-electron chi connectivity index (χ1n) is 6.91. The lowest BCUT2D eigenvalue weighted by atomic mass is 10.1. The Labute approximate surface area is 110 Å². The molecule has 1 rings (SSSR count). The third-order valence-electron chi connectivity index (χ3n) is 3.28. The summed E-state index contributed by atoms with van der Waals surface area (Å²) in [6, 6.07) is 0.311. The Kier molecular flexibility index (Phi) is 6.60. The van der Waals surface area contributed by atoms with E-state index in [0.29, 0.717) is 13.0 Å². The van der Waals surface area contributed by atoms with Crippen molar-refractivity contribution in [2.75, 3.05) is 26.2 Å². The second-order valence-corrected chi connectivity index (χ2v) is 5.21. The summed E-state index contributed by atoms with van der Waals surface area (Å²) < 4.78 is 5.64. The van der Waals surface area contributed by atoms with E-state index in [1.54, 1.807) is 0 Å². The van der Waals surface area contributed by atoms with Crippen LogP contribution in [0.2, 0.25) is 0 Å². The Morgan fingerprint density at radius 2 is 2.28 bits per heavy atom. The van der Waals surface area contributed by atoms with Gasteiger partial charge in [-0.15, -0.1) is 0 Å². The molecule has 0 radical (unpaired) electrons. The Morgan fingerprint density at radius 3 is 2.83 bits per heavy atom. The third-order valence-corrected chi connectivity index (χ3v) is 3.28. The van der Waals surface area contributed by atoms with Crippen LogP contribution in [0.5, 0.6) is 0 Å². The fourth-order valence-electron chi connectivity index (χ4n) is 2.28. The summed E-state index contributed by atoms with van der Waals surface area (Å²) in [6.45, 7) is 9.06. The molecule has 2 atom stereocenters. The van der Waals surface area contributed by atoms with Gasteiger partial charge in [0.1, 0.15) is 0 Å². The zero-order valence-corrected chi connectivity index (χ0v) is 11.8. The summed E-state index contributed by atoms with van der Waals surface area (Å²) in [4.78, 5) is 14.1. The molecule has 1 fully saturated rings. The minimum absolute atomic E-state index is 0.0833. The van der Waals surface area contributed by atoms with Crippen LogP contribution in [0.3, 0.4) is 0 Å². The van der Waals surface area contributed by atoms with Gasteiger partial charge >= 0.3 is 0 Å². The van der Waals surface area contributed by atoms with E-state index >= 15 is 0 Å². The van der Waals surface area contributed by atoms with E-state index in [-0.39, 0.29) is 24.1 Å². The maximum Gasteiger partial charge on any atom is 0.221 e. The van der Waals surface area contributed by atoms with Gasteiger partial charge in [-0.25, -0.2) is 0 Å². The zero-order chi connectivity index (χ0) is 13.5. The number of amides is 1. The van der Waals surface area contributed by atoms with Gasteiger partial charge in [-0.05, 0) is 20.3 Å². The molecule has 5 nitrogen and oxygen atoms in total. The number of carbonyl (C=O) groups excluding carboxylic acids is 1. The van der Waals surface area contributed by atoms with Gasteiger partial charge in [0, 0.05) is 38.1 Å². The molecular formula is C13H27N3O2. The van der Waals surface area contributed by atoms with E-state index in [4.69, 9.17) is 10.5 Å². The van der Waals surface area contributed by atoms with E-state index < -0.39 is 0 Å². The summed E-state index contributed by atoms with van der Waals surface area (Å²) in [5.74, 6) is 0.0833. The van der Waals surface area contributed by atoms with Crippen molar-refractivity contribution in [2.24, 2.45) is 5.73 Å². The van der Waals surface area contributed by atoms with Crippen molar-refractivity contribution in [3.63, 3.8) is 0 Å². The maximum absolute atomic E-state index is 11.8. The molecule has 0 aromatic rings. The molecule has 0 bridgehead atoms. The average molecular weight is 257 g/mol. The van der Waals surface area contributed by atoms with Crippen LogP contribution in [0.4, 0.5) is 0 Å². The summed E-state index contributed by atoms with van der Waals surface area (Å²) in [6.07, 6.45) is 1.76. The largest absolute Gasteiger partial charge is 0.376 e. The minimum atomic E-state index is 0.0833. The van der Waals surface area contributed by atoms with Gasteiger partial charge in [-0.3, -0.25) is 9.69 Å². The van der Waals surface area contributed by atoms with Gasteiger partial charge in [0.15, 0.2) is 0 Å². The quantitative estimate of drug-likeness (QED) is 0.720. The molecule has 1 aliphatic rings. The molecule has 2 unspecified atom stereocenters.